The van der Waals surface area contributed by atoms with Crippen LogP contribution in [0.25, 0.3) is 0 Å². The van der Waals surface area contributed by atoms with Crippen molar-refractivity contribution in [3.05, 3.63) is 0 Å². The maximum atomic E-state index is 4.90. The van der Waals surface area contributed by atoms with Gasteiger partial charge in [0.15, 0.2) is 0 Å². The largest absolute Gasteiger partial charge is 3.00 e. The van der Waals surface area contributed by atoms with E-state index in [2.05, 4.69) is 0 Å². The van der Waals surface area contributed by atoms with E-state index in [1.807, 2.05) is 0 Å². The van der Waals surface area contributed by atoms with E-state index >= 15 is 0 Å². The molecule has 12 heteroatoms. The summed E-state index contributed by atoms with van der Waals surface area (Å²) >= 11 is 0. The van der Waals surface area contributed by atoms with Gasteiger partial charge in [0.25, 0.3) is 0 Å². The maximum Gasteiger partial charge on any atom is 3.00 e. The van der Waals surface area contributed by atoms with Crippen LogP contribution in [0.4, 0.5) is 0 Å². The van der Waals surface area contributed by atoms with Crippen LogP contribution in [0, 0.1) is 0 Å². The van der Waals surface area contributed by atoms with Gasteiger partial charge in [0, 0.05) is 60.3 Å². The fourth-order valence-electron chi connectivity index (χ4n) is 0. The molecule has 0 aliphatic carbocycles. The van der Waals surface area contributed by atoms with Crippen molar-refractivity contribution in [3.63, 3.8) is 0 Å². The van der Waals surface area contributed by atoms with Crippen molar-refractivity contribution in [2.75, 3.05) is 39.3 Å². The van der Waals surface area contributed by atoms with E-state index in [1.54, 1.807) is 0 Å². The molecule has 0 amide bonds. The fourth-order valence-corrected chi connectivity index (χ4v) is 0. The van der Waals surface area contributed by atoms with E-state index in [1.165, 1.54) is 0 Å². The first-order valence-electron chi connectivity index (χ1n) is 3.95. The summed E-state index contributed by atoms with van der Waals surface area (Å²) < 4.78 is 0. The van der Waals surface area contributed by atoms with Crippen LogP contribution in [0.2, 0.25) is 0 Å². The van der Waals surface area contributed by atoms with Crippen LogP contribution < -0.4 is 34.4 Å². The molecular formula is C6H24CoMoN6S4-5. The van der Waals surface area contributed by atoms with Crippen LogP contribution in [-0.4, -0.2) is 39.3 Å². The van der Waals surface area contributed by atoms with Gasteiger partial charge < -0.3 is 88.4 Å². The van der Waals surface area contributed by atoms with Crippen molar-refractivity contribution in [1.82, 2.24) is 0 Å². The zero-order valence-corrected chi connectivity index (χ0v) is 16.4. The number of hydrogen-bond donors (Lipinski definition) is 6. The standard InChI is InChI=1S/3C2H8N2.Co.Mo.4S/c3*3-1-2-4;;;;;;/h3*1-4H2;;;;;;/q;;;+3;;4*-2. The number of rotatable bonds is 3. The van der Waals surface area contributed by atoms with Gasteiger partial charge in [-0.05, 0) is 0 Å². The molecule has 0 radical (unpaired) electrons. The molecule has 0 saturated carbocycles. The maximum absolute atomic E-state index is 4.90. The third kappa shape index (κ3) is 193. The summed E-state index contributed by atoms with van der Waals surface area (Å²) in [5.41, 5.74) is 29.4. The van der Waals surface area contributed by atoms with Gasteiger partial charge in [0.05, 0.1) is 0 Å². The molecule has 6 nitrogen and oxygen atoms in total. The normalized spacial score (nSPS) is 5.00. The molecule has 0 bridgehead atoms. The summed E-state index contributed by atoms with van der Waals surface area (Å²) in [5.74, 6) is 0. The molecule has 0 aliphatic rings. The Labute approximate surface area is 164 Å². The Morgan fingerprint density at radius 3 is 0.444 bits per heavy atom. The van der Waals surface area contributed by atoms with Crippen molar-refractivity contribution in [1.29, 1.82) is 0 Å². The first kappa shape index (κ1) is 59.1. The van der Waals surface area contributed by atoms with Gasteiger partial charge in [0.1, 0.15) is 0 Å². The van der Waals surface area contributed by atoms with Crippen molar-refractivity contribution < 1.29 is 37.8 Å². The molecule has 122 valence electrons. The van der Waals surface area contributed by atoms with Gasteiger partial charge in [-0.15, -0.1) is 0 Å². The molecule has 0 aromatic carbocycles. The van der Waals surface area contributed by atoms with Crippen LogP contribution in [0.3, 0.4) is 0 Å². The van der Waals surface area contributed by atoms with Crippen molar-refractivity contribution >= 4 is 54.0 Å². The Hall–Kier alpha value is 2.35. The molecule has 18 heavy (non-hydrogen) atoms. The minimum Gasteiger partial charge on any atom is -2.00 e. The quantitative estimate of drug-likeness (QED) is 0.241. The predicted molar refractivity (Wildman–Crippen MR) is 83.8 cm³/mol. The molecular weight excluding hydrogens is 439 g/mol. The van der Waals surface area contributed by atoms with Crippen LogP contribution in [0.5, 0.6) is 0 Å². The first-order chi connectivity index (χ1) is 5.74. The van der Waals surface area contributed by atoms with Gasteiger partial charge in [0.2, 0.25) is 0 Å². The summed E-state index contributed by atoms with van der Waals surface area (Å²) in [6, 6.07) is 0. The second-order valence-electron chi connectivity index (χ2n) is 1.73. The summed E-state index contributed by atoms with van der Waals surface area (Å²) in [4.78, 5) is 0. The molecule has 0 aromatic heterocycles. The SMILES string of the molecule is NCCN.NCCN.NCCN.[Co+3].[Mo].[S-2].[S-2].[S-2].[S-2]. The second-order valence-corrected chi connectivity index (χ2v) is 1.73. The van der Waals surface area contributed by atoms with E-state index in [-0.39, 0.29) is 91.8 Å². The van der Waals surface area contributed by atoms with Gasteiger partial charge in [-0.2, -0.15) is 0 Å². The second kappa shape index (κ2) is 93.4. The van der Waals surface area contributed by atoms with Gasteiger partial charge in [-0.25, -0.2) is 0 Å². The first-order valence-corrected chi connectivity index (χ1v) is 3.95. The Morgan fingerprint density at radius 2 is 0.444 bits per heavy atom. The third-order valence-corrected chi connectivity index (χ3v) is 0.500. The summed E-state index contributed by atoms with van der Waals surface area (Å²) in [6.45, 7) is 3.58. The summed E-state index contributed by atoms with van der Waals surface area (Å²) in [5, 5.41) is 0. The molecule has 0 unspecified atom stereocenters. The van der Waals surface area contributed by atoms with Crippen molar-refractivity contribution in [2.24, 2.45) is 34.4 Å². The van der Waals surface area contributed by atoms with Gasteiger partial charge in [-0.3, -0.25) is 0 Å². The number of hydrogen-bond acceptors (Lipinski definition) is 6. The monoisotopic (exact) mass is 465 g/mol. The molecule has 12 N–H and O–H groups in total. The topological polar surface area (TPSA) is 156 Å². The zero-order chi connectivity index (χ0) is 10.2. The van der Waals surface area contributed by atoms with E-state index < -0.39 is 0 Å². The van der Waals surface area contributed by atoms with Crippen molar-refractivity contribution in [2.45, 2.75) is 0 Å². The van der Waals surface area contributed by atoms with Crippen LogP contribution >= 0.6 is 0 Å². The van der Waals surface area contributed by atoms with E-state index in [0.717, 1.165) is 0 Å². The molecule has 0 aromatic rings. The summed E-state index contributed by atoms with van der Waals surface area (Å²) in [6.07, 6.45) is 0. The molecule has 0 fully saturated rings. The Bertz CT molecular complexity index is 51.5. The smallest absolute Gasteiger partial charge is 2.00 e. The Morgan fingerprint density at radius 1 is 0.389 bits per heavy atom. The zero-order valence-electron chi connectivity index (χ0n) is 10.1. The minimum absolute atomic E-state index is 0. The molecule has 0 heterocycles. The average molecular weight is 463 g/mol. The Kier molecular flexibility index (Phi) is 307. The molecule has 0 rings (SSSR count). The van der Waals surface area contributed by atoms with Gasteiger partial charge in [-0.1, -0.05) is 0 Å². The fraction of sp³-hybridized carbons (Fsp3) is 1.00. The molecule has 0 aliphatic heterocycles. The average Bonchev–Trinajstić information content (AvgIpc) is 2.18. The molecule has 0 spiro atoms. The van der Waals surface area contributed by atoms with Gasteiger partial charge >= 0.3 is 16.8 Å². The molecule has 0 atom stereocenters. The predicted octanol–water partition coefficient (Wildman–Crippen LogP) is -3.30. The van der Waals surface area contributed by atoms with E-state index in [0.29, 0.717) is 39.3 Å². The van der Waals surface area contributed by atoms with Crippen molar-refractivity contribution in [3.8, 4) is 0 Å². The Balaban J connectivity index is -0.00000000827. The minimum atomic E-state index is 0. The van der Waals surface area contributed by atoms with Crippen LogP contribution in [-0.2, 0) is 91.8 Å². The molecule has 0 saturated heterocycles. The summed E-state index contributed by atoms with van der Waals surface area (Å²) in [7, 11) is 0. The third-order valence-electron chi connectivity index (χ3n) is 0.500. The van der Waals surface area contributed by atoms with Crippen LogP contribution in [0.15, 0.2) is 0 Å². The number of nitrogens with two attached hydrogens (primary N) is 6. The van der Waals surface area contributed by atoms with E-state index in [4.69, 9.17) is 34.4 Å². The van der Waals surface area contributed by atoms with Crippen LogP contribution in [0.1, 0.15) is 0 Å². The van der Waals surface area contributed by atoms with E-state index in [9.17, 15) is 0 Å².